The van der Waals surface area contributed by atoms with E-state index in [9.17, 15) is 9.59 Å². The molecule has 2 rings (SSSR count). The fourth-order valence-electron chi connectivity index (χ4n) is 2.48. The molecule has 2 fully saturated rings. The molecule has 0 aromatic rings. The predicted molar refractivity (Wildman–Crippen MR) is 64.2 cm³/mol. The maximum absolute atomic E-state index is 12.1. The molecule has 17 heavy (non-hydrogen) atoms. The van der Waals surface area contributed by atoms with Crippen LogP contribution in [-0.4, -0.2) is 54.3 Å². The van der Waals surface area contributed by atoms with Crippen molar-refractivity contribution in [3.8, 4) is 0 Å². The standard InChI is InChI=1S/C12H21N3O2/c1-14(10(7-13)9-4-5-9)12(17)8-15-6-2-3-11(15)16/h9-10H,2-8,13H2,1H3. The SMILES string of the molecule is CN(C(=O)CN1CCCC1=O)C(CN)C1CC1. The number of rotatable bonds is 5. The van der Waals surface area contributed by atoms with Gasteiger partial charge in [-0.3, -0.25) is 9.59 Å². The molecular weight excluding hydrogens is 218 g/mol. The molecule has 0 radical (unpaired) electrons. The molecule has 2 amide bonds. The molecular formula is C12H21N3O2. The van der Waals surface area contributed by atoms with Crippen LogP contribution in [0, 0.1) is 5.92 Å². The highest BCUT2D eigenvalue weighted by Gasteiger charge is 2.35. The highest BCUT2D eigenvalue weighted by molar-refractivity contribution is 5.85. The van der Waals surface area contributed by atoms with Gasteiger partial charge in [0.05, 0.1) is 6.54 Å². The van der Waals surface area contributed by atoms with E-state index in [-0.39, 0.29) is 24.4 Å². The van der Waals surface area contributed by atoms with Gasteiger partial charge in [-0.25, -0.2) is 0 Å². The minimum Gasteiger partial charge on any atom is -0.340 e. The van der Waals surface area contributed by atoms with Crippen LogP contribution in [0.25, 0.3) is 0 Å². The van der Waals surface area contributed by atoms with Crippen LogP contribution in [0.15, 0.2) is 0 Å². The van der Waals surface area contributed by atoms with Crippen molar-refractivity contribution in [1.29, 1.82) is 0 Å². The average molecular weight is 239 g/mol. The molecule has 0 spiro atoms. The fourth-order valence-corrected chi connectivity index (χ4v) is 2.48. The number of carbonyl (C=O) groups excluding carboxylic acids is 2. The van der Waals surface area contributed by atoms with E-state index in [0.717, 1.165) is 13.0 Å². The molecule has 1 aliphatic carbocycles. The number of hydrogen-bond donors (Lipinski definition) is 1. The monoisotopic (exact) mass is 239 g/mol. The third-order valence-electron chi connectivity index (χ3n) is 3.80. The van der Waals surface area contributed by atoms with Crippen molar-refractivity contribution >= 4 is 11.8 Å². The molecule has 5 nitrogen and oxygen atoms in total. The molecule has 1 heterocycles. The fraction of sp³-hybridized carbons (Fsp3) is 0.833. The smallest absolute Gasteiger partial charge is 0.242 e. The average Bonchev–Trinajstić information content (AvgIpc) is 3.06. The molecule has 0 bridgehead atoms. The molecule has 5 heteroatoms. The minimum atomic E-state index is 0.0163. The molecule has 1 saturated carbocycles. The van der Waals surface area contributed by atoms with Gasteiger partial charge in [-0.2, -0.15) is 0 Å². The van der Waals surface area contributed by atoms with E-state index < -0.39 is 0 Å². The van der Waals surface area contributed by atoms with Crippen LogP contribution in [0.4, 0.5) is 0 Å². The van der Waals surface area contributed by atoms with Gasteiger partial charge in [0.15, 0.2) is 0 Å². The van der Waals surface area contributed by atoms with E-state index in [1.54, 1.807) is 16.8 Å². The number of carbonyl (C=O) groups is 2. The second kappa shape index (κ2) is 5.04. The maximum atomic E-state index is 12.1. The van der Waals surface area contributed by atoms with E-state index in [1.807, 2.05) is 0 Å². The Morgan fingerprint density at radius 2 is 2.29 bits per heavy atom. The van der Waals surface area contributed by atoms with Gasteiger partial charge in [0, 0.05) is 32.6 Å². The van der Waals surface area contributed by atoms with Crippen LogP contribution in [-0.2, 0) is 9.59 Å². The van der Waals surface area contributed by atoms with Crippen LogP contribution in [0.1, 0.15) is 25.7 Å². The van der Waals surface area contributed by atoms with Crippen LogP contribution in [0.3, 0.4) is 0 Å². The first-order chi connectivity index (χ1) is 8.13. The normalized spacial score (nSPS) is 21.8. The first-order valence-electron chi connectivity index (χ1n) is 6.37. The van der Waals surface area contributed by atoms with Crippen molar-refractivity contribution in [3.63, 3.8) is 0 Å². The van der Waals surface area contributed by atoms with Crippen LogP contribution in [0.5, 0.6) is 0 Å². The number of nitrogens with zero attached hydrogens (tertiary/aromatic N) is 2. The van der Waals surface area contributed by atoms with Crippen molar-refractivity contribution in [1.82, 2.24) is 9.80 Å². The summed E-state index contributed by atoms with van der Waals surface area (Å²) in [6, 6.07) is 0.153. The lowest BCUT2D eigenvalue weighted by molar-refractivity contribution is -0.139. The molecule has 2 aliphatic rings. The second-order valence-electron chi connectivity index (χ2n) is 5.06. The zero-order chi connectivity index (χ0) is 12.4. The first kappa shape index (κ1) is 12.4. The molecule has 0 aromatic carbocycles. The summed E-state index contributed by atoms with van der Waals surface area (Å²) in [6.45, 7) is 1.45. The Morgan fingerprint density at radius 3 is 2.76 bits per heavy atom. The topological polar surface area (TPSA) is 66.6 Å². The molecule has 1 aliphatic heterocycles. The van der Waals surface area contributed by atoms with Gasteiger partial charge in [-0.1, -0.05) is 0 Å². The van der Waals surface area contributed by atoms with Gasteiger partial charge in [-0.05, 0) is 25.2 Å². The summed E-state index contributed by atoms with van der Waals surface area (Å²) in [7, 11) is 1.80. The van der Waals surface area contributed by atoms with Crippen molar-refractivity contribution < 1.29 is 9.59 Å². The lowest BCUT2D eigenvalue weighted by atomic mass is 10.1. The zero-order valence-electron chi connectivity index (χ0n) is 10.4. The molecule has 2 N–H and O–H groups in total. The Balaban J connectivity index is 1.87. The van der Waals surface area contributed by atoms with Crippen molar-refractivity contribution in [2.24, 2.45) is 11.7 Å². The number of likely N-dealkylation sites (tertiary alicyclic amines) is 1. The molecule has 1 saturated heterocycles. The molecule has 1 atom stereocenters. The lowest BCUT2D eigenvalue weighted by Gasteiger charge is -2.29. The molecule has 96 valence electrons. The number of hydrogen-bond acceptors (Lipinski definition) is 3. The summed E-state index contributed by atoms with van der Waals surface area (Å²) < 4.78 is 0. The van der Waals surface area contributed by atoms with Gasteiger partial charge >= 0.3 is 0 Å². The highest BCUT2D eigenvalue weighted by atomic mass is 16.2. The molecule has 0 aromatic heterocycles. The third kappa shape index (κ3) is 2.77. The Morgan fingerprint density at radius 1 is 1.59 bits per heavy atom. The van der Waals surface area contributed by atoms with Gasteiger partial charge < -0.3 is 15.5 Å². The summed E-state index contributed by atoms with van der Waals surface area (Å²) in [5, 5.41) is 0. The predicted octanol–water partition coefficient (Wildman–Crippen LogP) is -0.195. The number of nitrogens with two attached hydrogens (primary N) is 1. The number of likely N-dealkylation sites (N-methyl/N-ethyl adjacent to an activating group) is 1. The van der Waals surface area contributed by atoms with E-state index in [0.29, 0.717) is 18.9 Å². The third-order valence-corrected chi connectivity index (χ3v) is 3.80. The van der Waals surface area contributed by atoms with E-state index >= 15 is 0 Å². The van der Waals surface area contributed by atoms with Gasteiger partial charge in [0.1, 0.15) is 0 Å². The summed E-state index contributed by atoms with van der Waals surface area (Å²) in [5.74, 6) is 0.688. The summed E-state index contributed by atoms with van der Waals surface area (Å²) in [5.41, 5.74) is 5.71. The van der Waals surface area contributed by atoms with Gasteiger partial charge in [-0.15, -0.1) is 0 Å². The van der Waals surface area contributed by atoms with Gasteiger partial charge in [0.2, 0.25) is 11.8 Å². The van der Waals surface area contributed by atoms with E-state index in [4.69, 9.17) is 5.73 Å². The Kier molecular flexibility index (Phi) is 3.66. The minimum absolute atomic E-state index is 0.0163. The van der Waals surface area contributed by atoms with Crippen molar-refractivity contribution in [3.05, 3.63) is 0 Å². The highest BCUT2D eigenvalue weighted by Crippen LogP contribution is 2.34. The quantitative estimate of drug-likeness (QED) is 0.723. The summed E-state index contributed by atoms with van der Waals surface area (Å²) in [4.78, 5) is 26.9. The van der Waals surface area contributed by atoms with E-state index in [2.05, 4.69) is 0 Å². The zero-order valence-corrected chi connectivity index (χ0v) is 10.4. The summed E-state index contributed by atoms with van der Waals surface area (Å²) >= 11 is 0. The Hall–Kier alpha value is -1.10. The van der Waals surface area contributed by atoms with Crippen molar-refractivity contribution in [2.45, 2.75) is 31.7 Å². The first-order valence-corrected chi connectivity index (χ1v) is 6.37. The van der Waals surface area contributed by atoms with Gasteiger partial charge in [0.25, 0.3) is 0 Å². The molecule has 1 unspecified atom stereocenters. The summed E-state index contributed by atoms with van der Waals surface area (Å²) in [6.07, 6.45) is 3.79. The number of amides is 2. The van der Waals surface area contributed by atoms with Crippen LogP contribution >= 0.6 is 0 Å². The Labute approximate surface area is 102 Å². The Bertz CT molecular complexity index is 315. The largest absolute Gasteiger partial charge is 0.340 e. The van der Waals surface area contributed by atoms with Crippen molar-refractivity contribution in [2.75, 3.05) is 26.7 Å². The maximum Gasteiger partial charge on any atom is 0.242 e. The van der Waals surface area contributed by atoms with Crippen LogP contribution < -0.4 is 5.73 Å². The van der Waals surface area contributed by atoms with Crippen LogP contribution in [0.2, 0.25) is 0 Å². The lowest BCUT2D eigenvalue weighted by Crippen LogP contribution is -2.47. The van der Waals surface area contributed by atoms with E-state index in [1.165, 1.54) is 12.8 Å². The second-order valence-corrected chi connectivity index (χ2v) is 5.06.